The Balaban J connectivity index is 4.00. The van der Waals surface area contributed by atoms with Crippen LogP contribution in [0.5, 0.6) is 0 Å². The smallest absolute Gasteiger partial charge is 0.334 e. The van der Waals surface area contributed by atoms with Gasteiger partial charge in [-0.3, -0.25) is 4.79 Å². The number of aliphatic carboxylic acids is 1. The number of rotatable bonds is 4. The van der Waals surface area contributed by atoms with Gasteiger partial charge in [-0.1, -0.05) is 6.92 Å². The highest BCUT2D eigenvalue weighted by molar-refractivity contribution is 5.76. The van der Waals surface area contributed by atoms with Gasteiger partial charge in [0.2, 0.25) is 0 Å². The van der Waals surface area contributed by atoms with Crippen molar-refractivity contribution in [2.75, 3.05) is 7.11 Å². The van der Waals surface area contributed by atoms with E-state index < -0.39 is 24.0 Å². The zero-order valence-corrected chi connectivity index (χ0v) is 6.98. The van der Waals surface area contributed by atoms with Gasteiger partial charge in [-0.2, -0.15) is 0 Å². The molecule has 2 N–H and O–H groups in total. The molecular formula is C7H12O5. The third-order valence-corrected chi connectivity index (χ3v) is 1.48. The molecule has 0 saturated heterocycles. The van der Waals surface area contributed by atoms with Crippen molar-refractivity contribution in [2.45, 2.75) is 19.4 Å². The van der Waals surface area contributed by atoms with E-state index >= 15 is 0 Å². The molecule has 2 unspecified atom stereocenters. The van der Waals surface area contributed by atoms with E-state index in [0.717, 1.165) is 7.11 Å². The van der Waals surface area contributed by atoms with Crippen LogP contribution in [0.4, 0.5) is 0 Å². The predicted octanol–water partition coefficient (Wildman–Crippen LogP) is -0.369. The quantitative estimate of drug-likeness (QED) is 0.571. The molecule has 0 bridgehead atoms. The van der Waals surface area contributed by atoms with Crippen molar-refractivity contribution in [1.29, 1.82) is 0 Å². The van der Waals surface area contributed by atoms with Crippen LogP contribution in [0.25, 0.3) is 0 Å². The topological polar surface area (TPSA) is 83.8 Å². The molecule has 0 aliphatic rings. The van der Waals surface area contributed by atoms with Crippen LogP contribution in [0.1, 0.15) is 13.3 Å². The molecule has 70 valence electrons. The molecule has 0 amide bonds. The Bertz CT molecular complexity index is 177. The van der Waals surface area contributed by atoms with Gasteiger partial charge in [0.25, 0.3) is 0 Å². The second-order valence-corrected chi connectivity index (χ2v) is 2.54. The molecule has 0 aliphatic carbocycles. The molecule has 0 fully saturated rings. The number of aliphatic hydroxyl groups excluding tert-OH is 1. The van der Waals surface area contributed by atoms with Crippen LogP contribution in [-0.2, 0) is 14.3 Å². The van der Waals surface area contributed by atoms with Crippen molar-refractivity contribution in [2.24, 2.45) is 5.92 Å². The lowest BCUT2D eigenvalue weighted by atomic mass is 10.0. The number of hydrogen-bond donors (Lipinski definition) is 2. The number of carboxylic acid groups (broad SMARTS) is 1. The minimum Gasteiger partial charge on any atom is -0.481 e. The minimum atomic E-state index is -1.36. The molecule has 0 spiro atoms. The first-order valence-corrected chi connectivity index (χ1v) is 3.46. The highest BCUT2D eigenvalue weighted by Crippen LogP contribution is 2.08. The number of hydrogen-bond acceptors (Lipinski definition) is 4. The van der Waals surface area contributed by atoms with E-state index in [2.05, 4.69) is 4.74 Å². The van der Waals surface area contributed by atoms with Crippen molar-refractivity contribution < 1.29 is 24.5 Å². The molecule has 0 aliphatic heterocycles. The summed E-state index contributed by atoms with van der Waals surface area (Å²) in [5, 5.41) is 17.4. The molecule has 0 heterocycles. The van der Waals surface area contributed by atoms with E-state index in [0.29, 0.717) is 0 Å². The number of carbonyl (C=O) groups excluding carboxylic acids is 1. The first-order valence-electron chi connectivity index (χ1n) is 3.46. The average Bonchev–Trinajstić information content (AvgIpc) is 2.00. The fourth-order valence-electron chi connectivity index (χ4n) is 0.740. The van der Waals surface area contributed by atoms with E-state index in [-0.39, 0.29) is 6.42 Å². The highest BCUT2D eigenvalue weighted by atomic mass is 16.5. The van der Waals surface area contributed by atoms with Crippen molar-refractivity contribution in [3.63, 3.8) is 0 Å². The van der Waals surface area contributed by atoms with Crippen molar-refractivity contribution in [3.8, 4) is 0 Å². The Morgan fingerprint density at radius 2 is 2.00 bits per heavy atom. The van der Waals surface area contributed by atoms with Crippen LogP contribution in [0.15, 0.2) is 0 Å². The monoisotopic (exact) mass is 176 g/mol. The Morgan fingerprint density at radius 1 is 1.50 bits per heavy atom. The molecule has 0 aromatic carbocycles. The number of carboxylic acids is 1. The van der Waals surface area contributed by atoms with Crippen molar-refractivity contribution in [3.05, 3.63) is 0 Å². The maximum atomic E-state index is 10.7. The first kappa shape index (κ1) is 10.9. The Labute approximate surface area is 70.0 Å². The zero-order chi connectivity index (χ0) is 9.72. The summed E-state index contributed by atoms with van der Waals surface area (Å²) in [4.78, 5) is 20.8. The van der Waals surface area contributed by atoms with Gasteiger partial charge in [0.15, 0.2) is 6.10 Å². The summed E-state index contributed by atoms with van der Waals surface area (Å²) in [7, 11) is 1.14. The van der Waals surface area contributed by atoms with Crippen LogP contribution in [0.3, 0.4) is 0 Å². The van der Waals surface area contributed by atoms with Gasteiger partial charge in [0.05, 0.1) is 13.5 Å². The van der Waals surface area contributed by atoms with Gasteiger partial charge in [-0.05, 0) is 0 Å². The molecule has 0 rings (SSSR count). The standard InChI is InChI=1S/C7H12O5/c1-4(3-5(8)9)6(10)7(11)12-2/h4,6,10H,3H2,1-2H3,(H,8,9). The lowest BCUT2D eigenvalue weighted by Crippen LogP contribution is -2.30. The summed E-state index contributed by atoms with van der Waals surface area (Å²) in [6.07, 6.45) is -1.61. The number of esters is 1. The third-order valence-electron chi connectivity index (χ3n) is 1.48. The Hall–Kier alpha value is -1.10. The maximum Gasteiger partial charge on any atom is 0.334 e. The van der Waals surface area contributed by atoms with E-state index in [4.69, 9.17) is 10.2 Å². The summed E-state index contributed by atoms with van der Waals surface area (Å²) in [6.45, 7) is 1.47. The second kappa shape index (κ2) is 4.71. The summed E-state index contributed by atoms with van der Waals surface area (Å²) in [6, 6.07) is 0. The summed E-state index contributed by atoms with van der Waals surface area (Å²) >= 11 is 0. The van der Waals surface area contributed by atoms with E-state index in [1.54, 1.807) is 0 Å². The van der Waals surface area contributed by atoms with Gasteiger partial charge in [0.1, 0.15) is 0 Å². The Kier molecular flexibility index (Phi) is 4.28. The summed E-state index contributed by atoms with van der Waals surface area (Å²) in [5.74, 6) is -2.48. The van der Waals surface area contributed by atoms with Crippen LogP contribution < -0.4 is 0 Å². The number of aliphatic hydroxyl groups is 1. The van der Waals surface area contributed by atoms with Gasteiger partial charge in [0, 0.05) is 5.92 Å². The molecule has 5 nitrogen and oxygen atoms in total. The minimum absolute atomic E-state index is 0.254. The third kappa shape index (κ3) is 3.34. The van der Waals surface area contributed by atoms with Crippen LogP contribution >= 0.6 is 0 Å². The first-order chi connectivity index (χ1) is 5.49. The fourth-order valence-corrected chi connectivity index (χ4v) is 0.740. The van der Waals surface area contributed by atoms with Gasteiger partial charge in [-0.25, -0.2) is 4.79 Å². The van der Waals surface area contributed by atoms with E-state index in [1.807, 2.05) is 0 Å². The van der Waals surface area contributed by atoms with Gasteiger partial charge < -0.3 is 14.9 Å². The van der Waals surface area contributed by atoms with Gasteiger partial charge >= 0.3 is 11.9 Å². The number of ether oxygens (including phenoxy) is 1. The molecule has 2 atom stereocenters. The summed E-state index contributed by atoms with van der Waals surface area (Å²) < 4.78 is 4.23. The largest absolute Gasteiger partial charge is 0.481 e. The molecule has 0 saturated carbocycles. The normalized spacial score (nSPS) is 14.9. The zero-order valence-electron chi connectivity index (χ0n) is 6.98. The van der Waals surface area contributed by atoms with Crippen LogP contribution in [-0.4, -0.2) is 35.4 Å². The molecule has 0 aromatic rings. The molecule has 5 heteroatoms. The molecule has 0 radical (unpaired) electrons. The van der Waals surface area contributed by atoms with Crippen LogP contribution in [0, 0.1) is 5.92 Å². The van der Waals surface area contributed by atoms with Crippen molar-refractivity contribution in [1.82, 2.24) is 0 Å². The molecule has 12 heavy (non-hydrogen) atoms. The van der Waals surface area contributed by atoms with Crippen molar-refractivity contribution >= 4 is 11.9 Å². The predicted molar refractivity (Wildman–Crippen MR) is 39.4 cm³/mol. The SMILES string of the molecule is COC(=O)C(O)C(C)CC(=O)O. The molecular weight excluding hydrogens is 164 g/mol. The average molecular weight is 176 g/mol. The van der Waals surface area contributed by atoms with Gasteiger partial charge in [-0.15, -0.1) is 0 Å². The van der Waals surface area contributed by atoms with E-state index in [9.17, 15) is 9.59 Å². The van der Waals surface area contributed by atoms with E-state index in [1.165, 1.54) is 6.92 Å². The number of carbonyl (C=O) groups is 2. The summed E-state index contributed by atoms with van der Waals surface area (Å²) in [5.41, 5.74) is 0. The lowest BCUT2D eigenvalue weighted by molar-refractivity contribution is -0.154. The fraction of sp³-hybridized carbons (Fsp3) is 0.714. The Morgan fingerprint density at radius 3 is 2.33 bits per heavy atom. The second-order valence-electron chi connectivity index (χ2n) is 2.54. The molecule has 0 aromatic heterocycles. The van der Waals surface area contributed by atoms with Crippen LogP contribution in [0.2, 0.25) is 0 Å². The highest BCUT2D eigenvalue weighted by Gasteiger charge is 2.24. The number of methoxy groups -OCH3 is 1. The maximum absolute atomic E-state index is 10.7. The lowest BCUT2D eigenvalue weighted by Gasteiger charge is -2.13.